The molecule has 1 aromatic carbocycles. The summed E-state index contributed by atoms with van der Waals surface area (Å²) in [5.74, 6) is -0.514. The molecule has 10 heteroatoms. The standard InChI is InChI=1S/C20H19Cl2N5O3/c1-11-10-25-17-12(16(11)27-20(29)24-8-9-30-2)4-3-5-14(17)26-19(28)15-13(21)6-7-23-18(15)22/h3-7,10H,8-9H2,1-2H3,(H,26,28)(H2,24,25,27,29). The summed E-state index contributed by atoms with van der Waals surface area (Å²) in [7, 11) is 1.56. The molecule has 0 bridgehead atoms. The fraction of sp³-hybridized carbons (Fsp3) is 0.200. The Bertz CT molecular complexity index is 1090. The van der Waals surface area contributed by atoms with E-state index < -0.39 is 5.91 Å². The number of pyridine rings is 2. The monoisotopic (exact) mass is 447 g/mol. The number of benzene rings is 1. The zero-order chi connectivity index (χ0) is 21.7. The highest BCUT2D eigenvalue weighted by Crippen LogP contribution is 2.31. The van der Waals surface area contributed by atoms with Crippen molar-refractivity contribution in [3.05, 3.63) is 58.0 Å². The van der Waals surface area contributed by atoms with Crippen LogP contribution in [0.2, 0.25) is 10.2 Å². The van der Waals surface area contributed by atoms with E-state index in [-0.39, 0.29) is 21.8 Å². The number of hydrogen-bond acceptors (Lipinski definition) is 5. The molecule has 0 radical (unpaired) electrons. The van der Waals surface area contributed by atoms with Crippen LogP contribution < -0.4 is 16.0 Å². The molecule has 0 spiro atoms. The van der Waals surface area contributed by atoms with Gasteiger partial charge in [-0.1, -0.05) is 35.3 Å². The van der Waals surface area contributed by atoms with E-state index >= 15 is 0 Å². The molecule has 156 valence electrons. The summed E-state index contributed by atoms with van der Waals surface area (Å²) in [6.45, 7) is 2.61. The molecule has 0 saturated carbocycles. The predicted molar refractivity (Wildman–Crippen MR) is 118 cm³/mol. The molecule has 0 aliphatic carbocycles. The van der Waals surface area contributed by atoms with Crippen LogP contribution in [-0.4, -0.2) is 42.2 Å². The van der Waals surface area contributed by atoms with Gasteiger partial charge in [0.05, 0.1) is 34.1 Å². The van der Waals surface area contributed by atoms with Gasteiger partial charge in [0.1, 0.15) is 5.15 Å². The lowest BCUT2D eigenvalue weighted by molar-refractivity contribution is 0.102. The number of para-hydroxylation sites is 1. The van der Waals surface area contributed by atoms with Gasteiger partial charge in [-0.2, -0.15) is 0 Å². The number of ether oxygens (including phenoxy) is 1. The van der Waals surface area contributed by atoms with Gasteiger partial charge >= 0.3 is 6.03 Å². The highest BCUT2D eigenvalue weighted by atomic mass is 35.5. The van der Waals surface area contributed by atoms with E-state index in [1.807, 2.05) is 6.92 Å². The van der Waals surface area contributed by atoms with Crippen LogP contribution in [0.25, 0.3) is 10.9 Å². The van der Waals surface area contributed by atoms with Crippen molar-refractivity contribution in [3.63, 3.8) is 0 Å². The van der Waals surface area contributed by atoms with Crippen molar-refractivity contribution in [2.24, 2.45) is 0 Å². The highest BCUT2D eigenvalue weighted by Gasteiger charge is 2.18. The number of aryl methyl sites for hydroxylation is 1. The normalized spacial score (nSPS) is 10.7. The lowest BCUT2D eigenvalue weighted by Crippen LogP contribution is -2.31. The molecule has 30 heavy (non-hydrogen) atoms. The maximum atomic E-state index is 12.7. The molecule has 3 aromatic rings. The molecular formula is C20H19Cl2N5O3. The summed E-state index contributed by atoms with van der Waals surface area (Å²) < 4.78 is 4.93. The van der Waals surface area contributed by atoms with Crippen LogP contribution >= 0.6 is 23.2 Å². The average Bonchev–Trinajstić information content (AvgIpc) is 2.70. The summed E-state index contributed by atoms with van der Waals surface area (Å²) in [4.78, 5) is 33.3. The second-order valence-corrected chi connectivity index (χ2v) is 7.07. The molecular weight excluding hydrogens is 429 g/mol. The molecule has 0 saturated heterocycles. The fourth-order valence-corrected chi connectivity index (χ4v) is 3.34. The predicted octanol–water partition coefficient (Wildman–Crippen LogP) is 4.27. The second-order valence-electron chi connectivity index (χ2n) is 6.30. The molecule has 0 atom stereocenters. The van der Waals surface area contributed by atoms with Crippen molar-refractivity contribution in [1.82, 2.24) is 15.3 Å². The number of hydrogen-bond donors (Lipinski definition) is 3. The zero-order valence-corrected chi connectivity index (χ0v) is 17.8. The number of aromatic nitrogens is 2. The first-order valence-electron chi connectivity index (χ1n) is 8.96. The number of methoxy groups -OCH3 is 1. The average molecular weight is 448 g/mol. The van der Waals surface area contributed by atoms with Crippen LogP contribution in [0.3, 0.4) is 0 Å². The Hall–Kier alpha value is -2.94. The number of urea groups is 1. The SMILES string of the molecule is COCCNC(=O)Nc1c(C)cnc2c(NC(=O)c3c(Cl)ccnc3Cl)cccc12. The largest absolute Gasteiger partial charge is 0.383 e. The van der Waals surface area contributed by atoms with Gasteiger partial charge in [-0.05, 0) is 24.6 Å². The van der Waals surface area contributed by atoms with E-state index in [4.69, 9.17) is 27.9 Å². The molecule has 0 fully saturated rings. The Labute approximate surface area is 182 Å². The lowest BCUT2D eigenvalue weighted by atomic mass is 10.1. The summed E-state index contributed by atoms with van der Waals surface area (Å²) in [5, 5.41) is 9.16. The summed E-state index contributed by atoms with van der Waals surface area (Å²) in [5.41, 5.74) is 2.37. The van der Waals surface area contributed by atoms with Crippen molar-refractivity contribution in [2.75, 3.05) is 30.9 Å². The van der Waals surface area contributed by atoms with Crippen LogP contribution in [0.4, 0.5) is 16.2 Å². The van der Waals surface area contributed by atoms with Crippen LogP contribution in [-0.2, 0) is 4.74 Å². The van der Waals surface area contributed by atoms with E-state index in [0.717, 1.165) is 5.56 Å². The van der Waals surface area contributed by atoms with E-state index in [2.05, 4.69) is 25.9 Å². The Morgan fingerprint density at radius 3 is 2.67 bits per heavy atom. The Morgan fingerprint density at radius 2 is 1.93 bits per heavy atom. The van der Waals surface area contributed by atoms with Crippen molar-refractivity contribution >= 4 is 57.4 Å². The number of carbonyl (C=O) groups is 2. The molecule has 2 aromatic heterocycles. The van der Waals surface area contributed by atoms with Gasteiger partial charge in [0.15, 0.2) is 0 Å². The molecule has 3 rings (SSSR count). The maximum Gasteiger partial charge on any atom is 0.319 e. The first-order valence-corrected chi connectivity index (χ1v) is 9.71. The smallest absolute Gasteiger partial charge is 0.319 e. The van der Waals surface area contributed by atoms with Gasteiger partial charge in [-0.15, -0.1) is 0 Å². The van der Waals surface area contributed by atoms with Crippen LogP contribution in [0.1, 0.15) is 15.9 Å². The van der Waals surface area contributed by atoms with E-state index in [1.54, 1.807) is 31.5 Å². The first kappa shape index (κ1) is 21.8. The van der Waals surface area contributed by atoms with Crippen LogP contribution in [0, 0.1) is 6.92 Å². The third kappa shape index (κ3) is 4.79. The van der Waals surface area contributed by atoms with Gasteiger partial charge in [0.25, 0.3) is 5.91 Å². The number of amides is 3. The number of nitrogens with zero attached hydrogens (tertiary/aromatic N) is 2. The van der Waals surface area contributed by atoms with Gasteiger partial charge < -0.3 is 20.7 Å². The second kappa shape index (κ2) is 9.71. The Morgan fingerprint density at radius 1 is 1.13 bits per heavy atom. The summed E-state index contributed by atoms with van der Waals surface area (Å²) in [6, 6.07) is 6.37. The minimum absolute atomic E-state index is 0.000809. The zero-order valence-electron chi connectivity index (χ0n) is 16.3. The number of halogens is 2. The summed E-state index contributed by atoms with van der Waals surface area (Å²) >= 11 is 12.1. The quantitative estimate of drug-likeness (QED) is 0.386. The Balaban J connectivity index is 1.92. The third-order valence-electron chi connectivity index (χ3n) is 4.25. The van der Waals surface area contributed by atoms with Gasteiger partial charge in [0.2, 0.25) is 0 Å². The minimum atomic E-state index is -0.514. The number of rotatable bonds is 6. The molecule has 0 unspecified atom stereocenters. The number of nitrogens with one attached hydrogen (secondary N) is 3. The van der Waals surface area contributed by atoms with E-state index in [1.165, 1.54) is 12.3 Å². The molecule has 3 amide bonds. The van der Waals surface area contributed by atoms with E-state index in [0.29, 0.717) is 35.4 Å². The molecule has 3 N–H and O–H groups in total. The van der Waals surface area contributed by atoms with Crippen molar-refractivity contribution in [1.29, 1.82) is 0 Å². The number of fused-ring (bicyclic) bond motifs is 1. The fourth-order valence-electron chi connectivity index (χ4n) is 2.82. The van der Waals surface area contributed by atoms with Gasteiger partial charge in [-0.25, -0.2) is 9.78 Å². The first-order chi connectivity index (χ1) is 14.4. The van der Waals surface area contributed by atoms with Crippen LogP contribution in [0.5, 0.6) is 0 Å². The third-order valence-corrected chi connectivity index (χ3v) is 4.85. The summed E-state index contributed by atoms with van der Waals surface area (Å²) in [6.07, 6.45) is 3.03. The van der Waals surface area contributed by atoms with Gasteiger partial charge in [0, 0.05) is 31.4 Å². The number of anilines is 2. The van der Waals surface area contributed by atoms with Crippen molar-refractivity contribution in [2.45, 2.75) is 6.92 Å². The minimum Gasteiger partial charge on any atom is -0.383 e. The topological polar surface area (TPSA) is 105 Å². The molecule has 2 heterocycles. The van der Waals surface area contributed by atoms with Crippen molar-refractivity contribution in [3.8, 4) is 0 Å². The Kier molecular flexibility index (Phi) is 7.04. The lowest BCUT2D eigenvalue weighted by Gasteiger charge is -2.15. The molecule has 8 nitrogen and oxygen atoms in total. The maximum absolute atomic E-state index is 12.7. The molecule has 0 aliphatic heterocycles. The number of carbonyl (C=O) groups excluding carboxylic acids is 2. The van der Waals surface area contributed by atoms with Crippen LogP contribution in [0.15, 0.2) is 36.7 Å². The highest BCUT2D eigenvalue weighted by molar-refractivity contribution is 6.39. The van der Waals surface area contributed by atoms with Crippen molar-refractivity contribution < 1.29 is 14.3 Å². The molecule has 0 aliphatic rings. The van der Waals surface area contributed by atoms with E-state index in [9.17, 15) is 9.59 Å². The van der Waals surface area contributed by atoms with Gasteiger partial charge in [-0.3, -0.25) is 9.78 Å².